The van der Waals surface area contributed by atoms with Gasteiger partial charge in [0.2, 0.25) is 0 Å². The summed E-state index contributed by atoms with van der Waals surface area (Å²) < 4.78 is 0. The number of anilines is 1. The number of hydrogen-bond donors (Lipinski definition) is 3. The summed E-state index contributed by atoms with van der Waals surface area (Å²) in [5.41, 5.74) is 2.00. The lowest BCUT2D eigenvalue weighted by Crippen LogP contribution is -2.22. The zero-order chi connectivity index (χ0) is 15.1. The number of aliphatic hydroxyl groups is 1. The topological polar surface area (TPSA) is 57.2 Å². The van der Waals surface area contributed by atoms with Crippen molar-refractivity contribution in [1.29, 1.82) is 0 Å². The fourth-order valence-electron chi connectivity index (χ4n) is 2.32. The Kier molecular flexibility index (Phi) is 6.23. The van der Waals surface area contributed by atoms with Crippen LogP contribution in [0.4, 0.5) is 5.69 Å². The van der Waals surface area contributed by atoms with Gasteiger partial charge in [0.25, 0.3) is 0 Å². The number of halogens is 1. The van der Waals surface area contributed by atoms with E-state index in [1.54, 1.807) is 6.20 Å². The molecule has 0 aliphatic heterocycles. The molecule has 0 aliphatic rings. The smallest absolute Gasteiger partial charge is 0.0737 e. The number of rotatable bonds is 8. The molecule has 0 aliphatic carbocycles. The Morgan fingerprint density at radius 1 is 1.29 bits per heavy atom. The van der Waals surface area contributed by atoms with Crippen LogP contribution in [0.1, 0.15) is 19.8 Å². The molecule has 0 unspecified atom stereocenters. The molecule has 4 nitrogen and oxygen atoms in total. The summed E-state index contributed by atoms with van der Waals surface area (Å²) in [6.45, 7) is 3.96. The third-order valence-electron chi connectivity index (χ3n) is 3.39. The van der Waals surface area contributed by atoms with E-state index in [1.807, 2.05) is 24.3 Å². The van der Waals surface area contributed by atoms with E-state index in [1.165, 1.54) is 0 Å². The number of fused-ring (bicyclic) bond motifs is 1. The highest BCUT2D eigenvalue weighted by Crippen LogP contribution is 2.25. The lowest BCUT2D eigenvalue weighted by atomic mass is 10.1. The van der Waals surface area contributed by atoms with Crippen LogP contribution in [-0.2, 0) is 0 Å². The molecule has 0 saturated heterocycles. The third-order valence-corrected chi connectivity index (χ3v) is 3.62. The summed E-state index contributed by atoms with van der Waals surface area (Å²) in [7, 11) is 0. The SMILES string of the molecule is C[C@H](CCCNCCO)Nc1ccnc2cc(Cl)ccc12. The Bertz CT molecular complexity index is 576. The number of nitrogens with zero attached hydrogens (tertiary/aromatic N) is 1. The predicted molar refractivity (Wildman–Crippen MR) is 89.0 cm³/mol. The summed E-state index contributed by atoms with van der Waals surface area (Å²) in [5.74, 6) is 0. The van der Waals surface area contributed by atoms with E-state index in [9.17, 15) is 0 Å². The minimum absolute atomic E-state index is 0.194. The number of pyridine rings is 1. The van der Waals surface area contributed by atoms with Crippen molar-refractivity contribution in [3.8, 4) is 0 Å². The van der Waals surface area contributed by atoms with Crippen LogP contribution in [0.2, 0.25) is 5.02 Å². The van der Waals surface area contributed by atoms with Gasteiger partial charge >= 0.3 is 0 Å². The Balaban J connectivity index is 1.93. The molecule has 0 amide bonds. The second-order valence-electron chi connectivity index (χ2n) is 5.18. The highest BCUT2D eigenvalue weighted by molar-refractivity contribution is 6.31. The van der Waals surface area contributed by atoms with Gasteiger partial charge < -0.3 is 15.7 Å². The standard InChI is InChI=1S/C16H22ClN3O/c1-12(3-2-7-18-9-10-21)20-15-6-8-19-16-11-13(17)4-5-14(15)16/h4-6,8,11-12,18,21H,2-3,7,9-10H2,1H3,(H,19,20)/t12-/m1/s1. The maximum Gasteiger partial charge on any atom is 0.0737 e. The van der Waals surface area contributed by atoms with Gasteiger partial charge in [0.1, 0.15) is 0 Å². The zero-order valence-corrected chi connectivity index (χ0v) is 13.0. The highest BCUT2D eigenvalue weighted by Gasteiger charge is 2.06. The van der Waals surface area contributed by atoms with Gasteiger partial charge in [-0.15, -0.1) is 0 Å². The molecule has 0 radical (unpaired) electrons. The Hall–Kier alpha value is -1.36. The van der Waals surface area contributed by atoms with Gasteiger partial charge in [-0.25, -0.2) is 0 Å². The van der Waals surface area contributed by atoms with Crippen molar-refractivity contribution in [3.05, 3.63) is 35.5 Å². The van der Waals surface area contributed by atoms with E-state index >= 15 is 0 Å². The van der Waals surface area contributed by atoms with E-state index in [4.69, 9.17) is 16.7 Å². The maximum atomic E-state index is 8.70. The number of aliphatic hydroxyl groups excluding tert-OH is 1. The van der Waals surface area contributed by atoms with Gasteiger partial charge in [-0.3, -0.25) is 4.98 Å². The molecule has 0 saturated carbocycles. The van der Waals surface area contributed by atoms with Crippen LogP contribution in [-0.4, -0.2) is 35.8 Å². The lowest BCUT2D eigenvalue weighted by molar-refractivity contribution is 0.292. The average molecular weight is 308 g/mol. The summed E-state index contributed by atoms with van der Waals surface area (Å²) in [6.07, 6.45) is 3.94. The quantitative estimate of drug-likeness (QED) is 0.656. The number of nitrogens with one attached hydrogen (secondary N) is 2. The van der Waals surface area contributed by atoms with Crippen LogP contribution in [0, 0.1) is 0 Å². The minimum atomic E-state index is 0.194. The fourth-order valence-corrected chi connectivity index (χ4v) is 2.49. The van der Waals surface area contributed by atoms with E-state index in [-0.39, 0.29) is 6.61 Å². The zero-order valence-electron chi connectivity index (χ0n) is 12.3. The summed E-state index contributed by atoms with van der Waals surface area (Å²) >= 11 is 6.00. The molecule has 114 valence electrons. The van der Waals surface area contributed by atoms with Crippen LogP contribution in [0.15, 0.2) is 30.5 Å². The number of aromatic nitrogens is 1. The largest absolute Gasteiger partial charge is 0.395 e. The van der Waals surface area contributed by atoms with Crippen molar-refractivity contribution in [2.75, 3.05) is 25.0 Å². The molecular weight excluding hydrogens is 286 g/mol. The van der Waals surface area contributed by atoms with Crippen molar-refractivity contribution in [2.24, 2.45) is 0 Å². The van der Waals surface area contributed by atoms with E-state index in [0.717, 1.165) is 36.0 Å². The maximum absolute atomic E-state index is 8.70. The van der Waals surface area contributed by atoms with Crippen molar-refractivity contribution in [3.63, 3.8) is 0 Å². The summed E-state index contributed by atoms with van der Waals surface area (Å²) in [6, 6.07) is 8.15. The van der Waals surface area contributed by atoms with E-state index in [0.29, 0.717) is 17.6 Å². The second-order valence-corrected chi connectivity index (χ2v) is 5.62. The molecule has 1 heterocycles. The molecule has 21 heavy (non-hydrogen) atoms. The fraction of sp³-hybridized carbons (Fsp3) is 0.438. The predicted octanol–water partition coefficient (Wildman–Crippen LogP) is 3.05. The summed E-state index contributed by atoms with van der Waals surface area (Å²) in [4.78, 5) is 4.35. The van der Waals surface area contributed by atoms with Gasteiger partial charge in [0.05, 0.1) is 12.1 Å². The van der Waals surface area contributed by atoms with Crippen molar-refractivity contribution in [1.82, 2.24) is 10.3 Å². The number of hydrogen-bond acceptors (Lipinski definition) is 4. The van der Waals surface area contributed by atoms with Gasteiger partial charge in [0.15, 0.2) is 0 Å². The Morgan fingerprint density at radius 3 is 2.95 bits per heavy atom. The van der Waals surface area contributed by atoms with Gasteiger partial charge in [-0.1, -0.05) is 11.6 Å². The second kappa shape index (κ2) is 8.17. The molecule has 2 rings (SSSR count). The first-order chi connectivity index (χ1) is 10.2. The van der Waals surface area contributed by atoms with Crippen LogP contribution >= 0.6 is 11.6 Å². The van der Waals surface area contributed by atoms with Gasteiger partial charge in [0, 0.05) is 34.9 Å². The molecule has 0 fully saturated rings. The normalized spacial score (nSPS) is 12.5. The molecule has 0 bridgehead atoms. The first-order valence-corrected chi connectivity index (χ1v) is 7.71. The molecular formula is C16H22ClN3O. The van der Waals surface area contributed by atoms with Crippen molar-refractivity contribution < 1.29 is 5.11 Å². The van der Waals surface area contributed by atoms with Crippen molar-refractivity contribution in [2.45, 2.75) is 25.8 Å². The van der Waals surface area contributed by atoms with Crippen molar-refractivity contribution >= 4 is 28.2 Å². The molecule has 1 aromatic carbocycles. The minimum Gasteiger partial charge on any atom is -0.395 e. The number of benzene rings is 1. The summed E-state index contributed by atoms with van der Waals surface area (Å²) in [5, 5.41) is 17.2. The van der Waals surface area contributed by atoms with Crippen LogP contribution in [0.3, 0.4) is 0 Å². The van der Waals surface area contributed by atoms with Crippen LogP contribution < -0.4 is 10.6 Å². The first-order valence-electron chi connectivity index (χ1n) is 7.33. The third kappa shape index (κ3) is 4.84. The molecule has 3 N–H and O–H groups in total. The van der Waals surface area contributed by atoms with Gasteiger partial charge in [-0.05, 0) is 50.6 Å². The monoisotopic (exact) mass is 307 g/mol. The van der Waals surface area contributed by atoms with E-state index < -0.39 is 0 Å². The average Bonchev–Trinajstić information content (AvgIpc) is 2.47. The molecule has 2 aromatic rings. The molecule has 5 heteroatoms. The molecule has 0 spiro atoms. The highest BCUT2D eigenvalue weighted by atomic mass is 35.5. The van der Waals surface area contributed by atoms with Crippen LogP contribution in [0.5, 0.6) is 0 Å². The molecule has 1 atom stereocenters. The van der Waals surface area contributed by atoms with E-state index in [2.05, 4.69) is 22.5 Å². The first kappa shape index (κ1) is 16.0. The molecule has 1 aromatic heterocycles. The Morgan fingerprint density at radius 2 is 2.14 bits per heavy atom. The van der Waals surface area contributed by atoms with Crippen LogP contribution in [0.25, 0.3) is 10.9 Å². The lowest BCUT2D eigenvalue weighted by Gasteiger charge is -2.17. The van der Waals surface area contributed by atoms with Gasteiger partial charge in [-0.2, -0.15) is 0 Å². The Labute approximate surface area is 130 Å².